The minimum absolute atomic E-state index is 0.110. The first-order valence-corrected chi connectivity index (χ1v) is 9.01. The lowest BCUT2D eigenvalue weighted by atomic mass is 10.2. The molecule has 2 aromatic heterocycles. The monoisotopic (exact) mass is 383 g/mol. The van der Waals surface area contributed by atoms with E-state index in [0.717, 1.165) is 12.0 Å². The normalized spacial score (nSPS) is 10.9. The molecule has 0 amide bonds. The summed E-state index contributed by atoms with van der Waals surface area (Å²) in [6.45, 7) is 7.94. The molecule has 146 valence electrons. The Hall–Kier alpha value is -3.29. The van der Waals surface area contributed by atoms with Crippen LogP contribution in [0.25, 0.3) is 11.4 Å². The second kappa shape index (κ2) is 8.16. The van der Waals surface area contributed by atoms with Crippen LogP contribution in [-0.4, -0.2) is 32.1 Å². The van der Waals surface area contributed by atoms with Crippen molar-refractivity contribution >= 4 is 17.6 Å². The lowest BCUT2D eigenvalue weighted by Gasteiger charge is -2.14. The average molecular weight is 383 g/mol. The van der Waals surface area contributed by atoms with Crippen LogP contribution in [0.15, 0.2) is 36.7 Å². The van der Waals surface area contributed by atoms with Crippen LogP contribution in [0.4, 0.5) is 16.0 Å². The largest absolute Gasteiger partial charge is 0.462 e. The number of hydrogen-bond acceptors (Lipinski definition) is 6. The summed E-state index contributed by atoms with van der Waals surface area (Å²) in [6.07, 6.45) is 2.74. The number of imidazole rings is 1. The minimum Gasteiger partial charge on any atom is -0.462 e. The van der Waals surface area contributed by atoms with Gasteiger partial charge in [-0.3, -0.25) is 0 Å². The average Bonchev–Trinajstić information content (AvgIpc) is 3.05. The number of halogens is 1. The summed E-state index contributed by atoms with van der Waals surface area (Å²) < 4.78 is 21.3. The van der Waals surface area contributed by atoms with Gasteiger partial charge >= 0.3 is 5.97 Å². The highest BCUT2D eigenvalue weighted by atomic mass is 19.1. The molecule has 0 saturated carbocycles. The molecule has 28 heavy (non-hydrogen) atoms. The number of benzene rings is 1. The third-order valence-electron chi connectivity index (χ3n) is 4.14. The van der Waals surface area contributed by atoms with E-state index in [1.54, 1.807) is 37.4 Å². The van der Waals surface area contributed by atoms with Crippen molar-refractivity contribution in [3.63, 3.8) is 0 Å². The molecule has 0 spiro atoms. The van der Waals surface area contributed by atoms with Crippen molar-refractivity contribution in [2.75, 3.05) is 11.9 Å². The Kier molecular flexibility index (Phi) is 5.67. The summed E-state index contributed by atoms with van der Waals surface area (Å²) in [7, 11) is 0. The van der Waals surface area contributed by atoms with Crippen LogP contribution in [0.3, 0.4) is 0 Å². The lowest BCUT2D eigenvalue weighted by Crippen LogP contribution is -2.08. The molecule has 0 atom stereocenters. The summed E-state index contributed by atoms with van der Waals surface area (Å²) >= 11 is 0. The molecule has 3 rings (SSSR count). The Morgan fingerprint density at radius 2 is 1.93 bits per heavy atom. The molecule has 1 N–H and O–H groups in total. The zero-order chi connectivity index (χ0) is 20.3. The molecule has 0 bridgehead atoms. The number of aromatic nitrogens is 4. The van der Waals surface area contributed by atoms with Gasteiger partial charge in [-0.25, -0.2) is 24.1 Å². The van der Waals surface area contributed by atoms with Crippen molar-refractivity contribution in [1.29, 1.82) is 0 Å². The van der Waals surface area contributed by atoms with Crippen LogP contribution < -0.4 is 5.32 Å². The summed E-state index contributed by atoms with van der Waals surface area (Å²) in [6, 6.07) is 6.81. The summed E-state index contributed by atoms with van der Waals surface area (Å²) in [5.41, 5.74) is 1.88. The van der Waals surface area contributed by atoms with Gasteiger partial charge in [0.2, 0.25) is 5.95 Å². The van der Waals surface area contributed by atoms with E-state index in [1.165, 1.54) is 0 Å². The van der Waals surface area contributed by atoms with E-state index in [4.69, 9.17) is 4.74 Å². The molecule has 1 aromatic carbocycles. The fourth-order valence-electron chi connectivity index (χ4n) is 2.92. The fourth-order valence-corrected chi connectivity index (χ4v) is 2.92. The Morgan fingerprint density at radius 3 is 2.57 bits per heavy atom. The van der Waals surface area contributed by atoms with Gasteiger partial charge in [-0.1, -0.05) is 0 Å². The van der Waals surface area contributed by atoms with Gasteiger partial charge < -0.3 is 14.6 Å². The molecule has 2 heterocycles. The first-order valence-electron chi connectivity index (χ1n) is 9.01. The molecule has 3 aromatic rings. The van der Waals surface area contributed by atoms with Crippen LogP contribution in [0.5, 0.6) is 0 Å². The van der Waals surface area contributed by atoms with Gasteiger partial charge in [-0.2, -0.15) is 0 Å². The molecular formula is C20H22FN5O2. The lowest BCUT2D eigenvalue weighted by molar-refractivity contribution is 0.0526. The number of carbonyl (C=O) groups excluding carboxylic acids is 1. The predicted molar refractivity (Wildman–Crippen MR) is 104 cm³/mol. The Balaban J connectivity index is 1.87. The van der Waals surface area contributed by atoms with Crippen molar-refractivity contribution in [1.82, 2.24) is 19.5 Å². The molecule has 0 aliphatic carbocycles. The Morgan fingerprint density at radius 1 is 1.21 bits per heavy atom. The number of rotatable bonds is 6. The van der Waals surface area contributed by atoms with E-state index < -0.39 is 5.82 Å². The molecule has 7 nitrogen and oxygen atoms in total. The predicted octanol–water partition coefficient (Wildman–Crippen LogP) is 4.29. The number of ether oxygens (including phenoxy) is 1. The third kappa shape index (κ3) is 4.00. The van der Waals surface area contributed by atoms with Crippen LogP contribution in [0, 0.1) is 12.7 Å². The second-order valence-electron chi connectivity index (χ2n) is 6.47. The maximum atomic E-state index is 14.4. The highest BCUT2D eigenvalue weighted by Gasteiger charge is 2.18. The number of hydrogen-bond donors (Lipinski definition) is 1. The van der Waals surface area contributed by atoms with Crippen molar-refractivity contribution in [2.24, 2.45) is 0 Å². The van der Waals surface area contributed by atoms with Gasteiger partial charge in [0.1, 0.15) is 11.5 Å². The number of carbonyl (C=O) groups is 1. The van der Waals surface area contributed by atoms with Crippen LogP contribution in [0.2, 0.25) is 0 Å². The van der Waals surface area contributed by atoms with E-state index in [-0.39, 0.29) is 23.7 Å². The molecule has 8 heteroatoms. The quantitative estimate of drug-likeness (QED) is 0.640. The zero-order valence-corrected chi connectivity index (χ0v) is 16.2. The third-order valence-corrected chi connectivity index (χ3v) is 4.14. The molecule has 0 aliphatic rings. The fraction of sp³-hybridized carbons (Fsp3) is 0.300. The van der Waals surface area contributed by atoms with Crippen LogP contribution >= 0.6 is 0 Å². The number of anilines is 2. The van der Waals surface area contributed by atoms with Gasteiger partial charge in [0.25, 0.3) is 0 Å². The molecule has 0 fully saturated rings. The molecule has 0 saturated heterocycles. The van der Waals surface area contributed by atoms with E-state index in [0.29, 0.717) is 23.6 Å². The van der Waals surface area contributed by atoms with Gasteiger partial charge in [0.15, 0.2) is 5.82 Å². The highest BCUT2D eigenvalue weighted by molar-refractivity contribution is 5.89. The smallest absolute Gasteiger partial charge is 0.338 e. The van der Waals surface area contributed by atoms with Gasteiger partial charge in [0, 0.05) is 11.7 Å². The number of esters is 1. The van der Waals surface area contributed by atoms with Crippen molar-refractivity contribution in [3.05, 3.63) is 53.9 Å². The second-order valence-corrected chi connectivity index (χ2v) is 6.47. The van der Waals surface area contributed by atoms with E-state index in [1.807, 2.05) is 25.3 Å². The molecular weight excluding hydrogens is 361 g/mol. The van der Waals surface area contributed by atoms with E-state index >= 15 is 0 Å². The van der Waals surface area contributed by atoms with Crippen molar-refractivity contribution < 1.29 is 13.9 Å². The number of aryl methyl sites for hydroxylation is 1. The molecule has 0 aliphatic heterocycles. The number of nitrogens with zero attached hydrogens (tertiary/aromatic N) is 4. The highest BCUT2D eigenvalue weighted by Crippen LogP contribution is 2.26. The summed E-state index contributed by atoms with van der Waals surface area (Å²) in [5.74, 6) is 0.123. The minimum atomic E-state index is -0.523. The zero-order valence-electron chi connectivity index (χ0n) is 16.2. The SMILES string of the molecule is CCOC(=O)c1ccc(Nc2ncc(F)c(-c3cnc(C)n3C(C)C)n2)cc1. The first-order chi connectivity index (χ1) is 13.4. The summed E-state index contributed by atoms with van der Waals surface area (Å²) in [5, 5.41) is 3.02. The van der Waals surface area contributed by atoms with Gasteiger partial charge in [0.05, 0.1) is 30.3 Å². The van der Waals surface area contributed by atoms with Crippen molar-refractivity contribution in [3.8, 4) is 11.4 Å². The maximum absolute atomic E-state index is 14.4. The Labute approximate surface area is 162 Å². The number of nitrogens with one attached hydrogen (secondary N) is 1. The maximum Gasteiger partial charge on any atom is 0.338 e. The van der Waals surface area contributed by atoms with Crippen molar-refractivity contribution in [2.45, 2.75) is 33.7 Å². The summed E-state index contributed by atoms with van der Waals surface area (Å²) in [4.78, 5) is 24.3. The molecule has 0 radical (unpaired) electrons. The standard InChI is InChI=1S/C20H22FN5O2/c1-5-28-19(27)14-6-8-15(9-7-14)24-20-23-10-16(21)18(25-20)17-11-22-13(4)26(17)12(2)3/h6-12H,5H2,1-4H3,(H,23,24,25). The van der Waals surface area contributed by atoms with E-state index in [2.05, 4.69) is 20.3 Å². The Bertz CT molecular complexity index is 983. The van der Waals surface area contributed by atoms with E-state index in [9.17, 15) is 9.18 Å². The van der Waals surface area contributed by atoms with Gasteiger partial charge in [-0.15, -0.1) is 0 Å². The van der Waals surface area contributed by atoms with Crippen LogP contribution in [-0.2, 0) is 4.74 Å². The van der Waals surface area contributed by atoms with Crippen LogP contribution in [0.1, 0.15) is 43.0 Å². The van der Waals surface area contributed by atoms with Gasteiger partial charge in [-0.05, 0) is 52.0 Å². The first kappa shape index (κ1) is 19.5. The molecule has 0 unspecified atom stereocenters. The topological polar surface area (TPSA) is 81.9 Å².